The summed E-state index contributed by atoms with van der Waals surface area (Å²) in [6.07, 6.45) is 17.0. The smallest absolute Gasteiger partial charge is 0.220 e. The normalized spacial score (nSPS) is 23.4. The highest BCUT2D eigenvalue weighted by Crippen LogP contribution is 2.23. The number of rotatable bonds is 31. The van der Waals surface area contributed by atoms with Gasteiger partial charge in [0.25, 0.3) is 0 Å². The molecule has 2 unspecified atom stereocenters. The summed E-state index contributed by atoms with van der Waals surface area (Å²) in [7, 11) is 0. The molecule has 8 atom stereocenters. The number of hydrogen-bond acceptors (Lipinski definition) is 9. The summed E-state index contributed by atoms with van der Waals surface area (Å²) in [4.78, 5) is 12.8. The van der Waals surface area contributed by atoms with Crippen LogP contribution in [0.1, 0.15) is 168 Å². The van der Waals surface area contributed by atoms with Crippen LogP contribution < -0.4 is 5.32 Å². The molecule has 7 N–H and O–H groups in total. The third kappa shape index (κ3) is 20.4. The summed E-state index contributed by atoms with van der Waals surface area (Å²) in [5.41, 5.74) is 0. The lowest BCUT2D eigenvalue weighted by Gasteiger charge is -2.40. The zero-order chi connectivity index (χ0) is 34.7. The van der Waals surface area contributed by atoms with Gasteiger partial charge >= 0.3 is 0 Å². The molecule has 0 aromatic carbocycles. The molecular formula is C37H73NO9. The van der Waals surface area contributed by atoms with Crippen LogP contribution in [-0.4, -0.2) is 98.7 Å². The van der Waals surface area contributed by atoms with Crippen LogP contribution in [0.2, 0.25) is 0 Å². The Balaban J connectivity index is 2.47. The molecule has 0 aromatic heterocycles. The van der Waals surface area contributed by atoms with Gasteiger partial charge in [0.1, 0.15) is 30.5 Å². The average molecular weight is 676 g/mol. The van der Waals surface area contributed by atoms with Crippen molar-refractivity contribution < 1.29 is 44.9 Å². The van der Waals surface area contributed by atoms with E-state index in [-0.39, 0.29) is 18.9 Å². The van der Waals surface area contributed by atoms with Crippen LogP contribution in [0.25, 0.3) is 0 Å². The minimum absolute atomic E-state index is 0.263. The highest BCUT2D eigenvalue weighted by atomic mass is 16.7. The molecule has 47 heavy (non-hydrogen) atoms. The number of ether oxygens (including phenoxy) is 2. The van der Waals surface area contributed by atoms with Crippen molar-refractivity contribution in [3.8, 4) is 0 Å². The van der Waals surface area contributed by atoms with Crippen molar-refractivity contribution in [1.82, 2.24) is 5.32 Å². The predicted octanol–water partition coefficient (Wildman–Crippen LogP) is 5.41. The summed E-state index contributed by atoms with van der Waals surface area (Å²) in [6.45, 7) is 3.54. The zero-order valence-corrected chi connectivity index (χ0v) is 29.9. The van der Waals surface area contributed by atoms with Crippen LogP contribution in [0, 0.1) is 0 Å². The fourth-order valence-corrected chi connectivity index (χ4v) is 6.31. The van der Waals surface area contributed by atoms with Crippen molar-refractivity contribution in [1.29, 1.82) is 0 Å². The van der Waals surface area contributed by atoms with Gasteiger partial charge in [-0.25, -0.2) is 0 Å². The van der Waals surface area contributed by atoms with Gasteiger partial charge in [-0.2, -0.15) is 0 Å². The SMILES string of the molecule is CCCCCCCCCCCCCCCC[C@@H](O)[C@@H](O)[C@H](CO[C@@H]1O[C@H](CO)[C@H](O)C(O)C1O)NC(=O)CCCCCCCCCC. The summed E-state index contributed by atoms with van der Waals surface area (Å²) in [5, 5.41) is 64.7. The Bertz CT molecular complexity index is 728. The number of unbranched alkanes of at least 4 members (excludes halogenated alkanes) is 20. The number of hydrogen-bond donors (Lipinski definition) is 7. The molecule has 0 spiro atoms. The molecule has 0 aromatic rings. The molecule has 0 saturated carbocycles. The standard InChI is InChI=1S/C37H73NO9/c1-3-5-7-9-11-13-14-15-16-17-18-19-21-23-25-30(40)33(42)29(38-32(41)26-24-22-20-12-10-8-6-4-2)28-46-37-36(45)35(44)34(43)31(27-39)47-37/h29-31,33-37,39-40,42-45H,3-28H2,1-2H3,(H,38,41)/t29-,30+,31+,33-,34-,35?,36?,37+/m0/s1. The first-order valence-corrected chi connectivity index (χ1v) is 19.3. The molecule has 0 bridgehead atoms. The number of carbonyl (C=O) groups excluding carboxylic acids is 1. The zero-order valence-electron chi connectivity index (χ0n) is 29.9. The van der Waals surface area contributed by atoms with Gasteiger partial charge in [-0.15, -0.1) is 0 Å². The predicted molar refractivity (Wildman–Crippen MR) is 186 cm³/mol. The van der Waals surface area contributed by atoms with Gasteiger partial charge in [0.05, 0.1) is 25.4 Å². The van der Waals surface area contributed by atoms with Crippen molar-refractivity contribution in [3.05, 3.63) is 0 Å². The number of nitrogens with one attached hydrogen (secondary N) is 1. The molecular weight excluding hydrogens is 602 g/mol. The largest absolute Gasteiger partial charge is 0.394 e. The molecule has 0 aliphatic carbocycles. The average Bonchev–Trinajstić information content (AvgIpc) is 3.07. The molecule has 280 valence electrons. The summed E-state index contributed by atoms with van der Waals surface area (Å²) < 4.78 is 11.1. The van der Waals surface area contributed by atoms with Gasteiger partial charge in [-0.05, 0) is 12.8 Å². The van der Waals surface area contributed by atoms with Gasteiger partial charge in [-0.3, -0.25) is 4.79 Å². The van der Waals surface area contributed by atoms with Crippen molar-refractivity contribution in [3.63, 3.8) is 0 Å². The van der Waals surface area contributed by atoms with Gasteiger partial charge in [0.15, 0.2) is 6.29 Å². The fraction of sp³-hybridized carbons (Fsp3) is 0.973. The van der Waals surface area contributed by atoms with E-state index in [0.29, 0.717) is 6.42 Å². The highest BCUT2D eigenvalue weighted by molar-refractivity contribution is 5.76. The first-order valence-electron chi connectivity index (χ1n) is 19.3. The minimum Gasteiger partial charge on any atom is -0.394 e. The van der Waals surface area contributed by atoms with Crippen LogP contribution in [0.15, 0.2) is 0 Å². The van der Waals surface area contributed by atoms with Crippen molar-refractivity contribution >= 4 is 5.91 Å². The van der Waals surface area contributed by atoms with E-state index in [0.717, 1.165) is 44.9 Å². The monoisotopic (exact) mass is 676 g/mol. The van der Waals surface area contributed by atoms with Crippen LogP contribution in [0.3, 0.4) is 0 Å². The van der Waals surface area contributed by atoms with E-state index < -0.39 is 55.6 Å². The Morgan fingerprint density at radius 1 is 0.660 bits per heavy atom. The maximum absolute atomic E-state index is 12.8. The topological polar surface area (TPSA) is 169 Å². The molecule has 1 saturated heterocycles. The van der Waals surface area contributed by atoms with Crippen LogP contribution in [0.4, 0.5) is 0 Å². The summed E-state index contributed by atoms with van der Waals surface area (Å²) in [5.74, 6) is -0.263. The lowest BCUT2D eigenvalue weighted by molar-refractivity contribution is -0.303. The second-order valence-corrected chi connectivity index (χ2v) is 13.9. The number of aliphatic hydroxyl groups is 6. The highest BCUT2D eigenvalue weighted by Gasteiger charge is 2.44. The molecule has 1 fully saturated rings. The van der Waals surface area contributed by atoms with E-state index >= 15 is 0 Å². The van der Waals surface area contributed by atoms with Crippen molar-refractivity contribution in [2.75, 3.05) is 13.2 Å². The van der Waals surface area contributed by atoms with Gasteiger partial charge in [-0.1, -0.05) is 149 Å². The summed E-state index contributed by atoms with van der Waals surface area (Å²) >= 11 is 0. The number of amides is 1. The Kier molecular flexibility index (Phi) is 27.2. The van der Waals surface area contributed by atoms with E-state index in [1.807, 2.05) is 0 Å². The molecule has 0 radical (unpaired) electrons. The van der Waals surface area contributed by atoms with Gasteiger partial charge in [0.2, 0.25) is 5.91 Å². The van der Waals surface area contributed by atoms with Crippen molar-refractivity contribution in [2.45, 2.75) is 217 Å². The molecule has 1 rings (SSSR count). The van der Waals surface area contributed by atoms with Gasteiger partial charge < -0.3 is 45.4 Å². The quantitative estimate of drug-likeness (QED) is 0.0475. The fourth-order valence-electron chi connectivity index (χ4n) is 6.31. The van der Waals surface area contributed by atoms with Crippen LogP contribution in [0.5, 0.6) is 0 Å². The van der Waals surface area contributed by atoms with E-state index in [1.165, 1.54) is 96.3 Å². The van der Waals surface area contributed by atoms with E-state index in [9.17, 15) is 35.4 Å². The minimum atomic E-state index is -1.60. The first kappa shape index (κ1) is 44.2. The Morgan fingerprint density at radius 2 is 1.11 bits per heavy atom. The third-order valence-electron chi connectivity index (χ3n) is 9.55. The van der Waals surface area contributed by atoms with E-state index in [1.54, 1.807) is 0 Å². The summed E-state index contributed by atoms with van der Waals surface area (Å²) in [6, 6.07) is -0.981. The van der Waals surface area contributed by atoms with E-state index in [2.05, 4.69) is 19.2 Å². The molecule has 1 aliphatic rings. The number of aliphatic hydroxyl groups excluding tert-OH is 6. The van der Waals surface area contributed by atoms with Crippen molar-refractivity contribution in [2.24, 2.45) is 0 Å². The van der Waals surface area contributed by atoms with Crippen LogP contribution >= 0.6 is 0 Å². The lowest BCUT2D eigenvalue weighted by atomic mass is 9.98. The van der Waals surface area contributed by atoms with E-state index in [4.69, 9.17) is 9.47 Å². The second kappa shape index (κ2) is 28.9. The lowest BCUT2D eigenvalue weighted by Crippen LogP contribution is -2.60. The van der Waals surface area contributed by atoms with Crippen LogP contribution in [-0.2, 0) is 14.3 Å². The maximum Gasteiger partial charge on any atom is 0.220 e. The molecule has 1 aliphatic heterocycles. The molecule has 1 amide bonds. The number of carbonyl (C=O) groups is 1. The Labute approximate surface area is 286 Å². The Hall–Kier alpha value is -0.850. The third-order valence-corrected chi connectivity index (χ3v) is 9.55. The first-order chi connectivity index (χ1) is 22.8. The second-order valence-electron chi connectivity index (χ2n) is 13.9. The molecule has 10 heteroatoms. The molecule has 10 nitrogen and oxygen atoms in total. The Morgan fingerprint density at radius 3 is 1.57 bits per heavy atom. The van der Waals surface area contributed by atoms with Gasteiger partial charge in [0, 0.05) is 6.42 Å². The molecule has 1 heterocycles. The maximum atomic E-state index is 12.8.